The molecule has 0 bridgehead atoms. The normalized spacial score (nSPS) is 12.5. The highest BCUT2D eigenvalue weighted by Crippen LogP contribution is 2.20. The van der Waals surface area contributed by atoms with E-state index in [1.165, 1.54) is 392 Å². The van der Waals surface area contributed by atoms with E-state index in [-0.39, 0.29) is 18.5 Å². The molecule has 3 N–H and O–H groups in total. The summed E-state index contributed by atoms with van der Waals surface area (Å²) in [6, 6.07) is -0.626. The molecule has 1 amide bonds. The maximum atomic E-state index is 12.6. The predicted molar refractivity (Wildman–Crippen MR) is 389 cm³/mol. The Morgan fingerprint density at radius 2 is 0.534 bits per heavy atom. The molecule has 0 aromatic heterocycles. The summed E-state index contributed by atoms with van der Waals surface area (Å²) in [7, 11) is 0. The third kappa shape index (κ3) is 73.4. The van der Waals surface area contributed by atoms with Gasteiger partial charge in [0.05, 0.1) is 25.4 Å². The van der Waals surface area contributed by atoms with Crippen LogP contribution < -0.4 is 5.32 Å². The van der Waals surface area contributed by atoms with Crippen LogP contribution >= 0.6 is 0 Å². The van der Waals surface area contributed by atoms with Crippen molar-refractivity contribution in [2.45, 2.75) is 475 Å². The number of unbranched alkanes of at least 4 members (excludes halogenated alkanes) is 64. The van der Waals surface area contributed by atoms with Crippen molar-refractivity contribution in [2.75, 3.05) is 13.2 Å². The molecule has 0 aliphatic carbocycles. The predicted octanol–water partition coefficient (Wildman–Crippen LogP) is 26.8. The van der Waals surface area contributed by atoms with Gasteiger partial charge >= 0.3 is 5.97 Å². The minimum atomic E-state index is -0.843. The van der Waals surface area contributed by atoms with E-state index in [2.05, 4.69) is 31.3 Å². The van der Waals surface area contributed by atoms with Crippen LogP contribution in [0.2, 0.25) is 0 Å². The van der Waals surface area contributed by atoms with Gasteiger partial charge in [-0.05, 0) is 57.8 Å². The number of allylic oxidation sites excluding steroid dienone is 3. The molecule has 0 spiro atoms. The minimum absolute atomic E-state index is 0.0135. The number of rotatable bonds is 77. The van der Waals surface area contributed by atoms with Gasteiger partial charge in [-0.2, -0.15) is 0 Å². The van der Waals surface area contributed by atoms with Crippen molar-refractivity contribution < 1.29 is 24.5 Å². The Hall–Kier alpha value is -1.66. The standard InChI is InChI=1S/C82H159NO5/c1-3-5-7-9-11-13-15-17-19-20-21-22-23-31-34-37-40-43-47-50-54-58-62-66-70-74-80(85)79(78-84)83-81(86)75-71-67-63-59-55-51-48-44-41-38-35-32-29-27-25-24-26-28-30-33-36-39-42-45-49-53-57-61-65-69-73-77-88-82(87)76-72-68-64-60-56-52-46-18-16-14-12-10-8-6-4-2/h18,46,70,74,79-80,84-85H,3-17,19-45,47-69,71-73,75-78H2,1-2H3,(H,83,86)/b46-18-,74-70+. The lowest BCUT2D eigenvalue weighted by Crippen LogP contribution is -2.45. The second-order valence-electron chi connectivity index (χ2n) is 28.1. The first-order chi connectivity index (χ1) is 43.5. The van der Waals surface area contributed by atoms with Gasteiger partial charge < -0.3 is 20.3 Å². The molecule has 88 heavy (non-hydrogen) atoms. The monoisotopic (exact) mass is 1240 g/mol. The van der Waals surface area contributed by atoms with Crippen molar-refractivity contribution >= 4 is 11.9 Å². The third-order valence-electron chi connectivity index (χ3n) is 19.2. The molecule has 6 heteroatoms. The van der Waals surface area contributed by atoms with Crippen molar-refractivity contribution in [3.05, 3.63) is 24.3 Å². The molecule has 2 unspecified atom stereocenters. The largest absolute Gasteiger partial charge is 0.466 e. The number of nitrogens with one attached hydrogen (secondary N) is 1. The van der Waals surface area contributed by atoms with Crippen LogP contribution in [-0.4, -0.2) is 47.4 Å². The van der Waals surface area contributed by atoms with Crippen LogP contribution in [0.3, 0.4) is 0 Å². The van der Waals surface area contributed by atoms with Crippen molar-refractivity contribution in [3.8, 4) is 0 Å². The second kappa shape index (κ2) is 77.8. The summed E-state index contributed by atoms with van der Waals surface area (Å²) in [5.74, 6) is -0.0446. The first-order valence-electron chi connectivity index (χ1n) is 40.6. The Bertz CT molecular complexity index is 1380. The quantitative estimate of drug-likeness (QED) is 0.0320. The van der Waals surface area contributed by atoms with E-state index in [4.69, 9.17) is 4.74 Å². The summed E-state index contributed by atoms with van der Waals surface area (Å²) in [5, 5.41) is 23.3. The van der Waals surface area contributed by atoms with Crippen LogP contribution in [0.1, 0.15) is 463 Å². The molecule has 2 atom stereocenters. The molecule has 0 radical (unpaired) electrons. The molecule has 0 saturated carbocycles. The number of esters is 1. The average Bonchev–Trinajstić information content (AvgIpc) is 3.58. The van der Waals surface area contributed by atoms with E-state index in [1.807, 2.05) is 6.08 Å². The zero-order valence-corrected chi connectivity index (χ0v) is 60.0. The summed E-state index contributed by atoms with van der Waals surface area (Å²) in [5.41, 5.74) is 0. The molecular weight excluding hydrogens is 1080 g/mol. The minimum Gasteiger partial charge on any atom is -0.466 e. The van der Waals surface area contributed by atoms with Gasteiger partial charge in [-0.25, -0.2) is 0 Å². The summed E-state index contributed by atoms with van der Waals surface area (Å²) in [6.45, 7) is 4.95. The van der Waals surface area contributed by atoms with Gasteiger partial charge in [-0.15, -0.1) is 0 Å². The highest BCUT2D eigenvalue weighted by atomic mass is 16.5. The maximum Gasteiger partial charge on any atom is 0.305 e. The second-order valence-corrected chi connectivity index (χ2v) is 28.1. The van der Waals surface area contributed by atoms with Gasteiger partial charge in [-0.3, -0.25) is 9.59 Å². The van der Waals surface area contributed by atoms with Gasteiger partial charge in [0.1, 0.15) is 0 Å². The zero-order chi connectivity index (χ0) is 63.5. The van der Waals surface area contributed by atoms with E-state index >= 15 is 0 Å². The van der Waals surface area contributed by atoms with Gasteiger partial charge in [0.25, 0.3) is 0 Å². The summed E-state index contributed by atoms with van der Waals surface area (Å²) in [6.07, 6.45) is 100. The fraction of sp³-hybridized carbons (Fsp3) is 0.927. The molecule has 0 fully saturated rings. The molecule has 0 heterocycles. The smallest absolute Gasteiger partial charge is 0.305 e. The van der Waals surface area contributed by atoms with Crippen molar-refractivity contribution in [2.24, 2.45) is 0 Å². The Balaban J connectivity index is 3.36. The number of amides is 1. The Morgan fingerprint density at radius 1 is 0.307 bits per heavy atom. The Morgan fingerprint density at radius 3 is 0.807 bits per heavy atom. The number of hydrogen-bond donors (Lipinski definition) is 3. The van der Waals surface area contributed by atoms with E-state index in [0.717, 1.165) is 44.9 Å². The number of carbonyl (C=O) groups excluding carboxylic acids is 2. The summed E-state index contributed by atoms with van der Waals surface area (Å²) >= 11 is 0. The molecule has 522 valence electrons. The fourth-order valence-corrected chi connectivity index (χ4v) is 13.0. The molecule has 0 rings (SSSR count). The van der Waals surface area contributed by atoms with E-state index in [1.54, 1.807) is 6.08 Å². The molecule has 0 aliphatic heterocycles. The van der Waals surface area contributed by atoms with Crippen molar-refractivity contribution in [1.29, 1.82) is 0 Å². The molecule has 0 aliphatic rings. The topological polar surface area (TPSA) is 95.9 Å². The summed E-state index contributed by atoms with van der Waals surface area (Å²) < 4.78 is 5.50. The van der Waals surface area contributed by atoms with Crippen LogP contribution in [0.15, 0.2) is 24.3 Å². The van der Waals surface area contributed by atoms with Crippen molar-refractivity contribution in [3.63, 3.8) is 0 Å². The highest BCUT2D eigenvalue weighted by Gasteiger charge is 2.18. The van der Waals surface area contributed by atoms with Crippen LogP contribution in [0, 0.1) is 0 Å². The maximum absolute atomic E-state index is 12.6. The molecule has 6 nitrogen and oxygen atoms in total. The third-order valence-corrected chi connectivity index (χ3v) is 19.2. The summed E-state index contributed by atoms with van der Waals surface area (Å²) in [4.78, 5) is 24.6. The lowest BCUT2D eigenvalue weighted by molar-refractivity contribution is -0.143. The Labute approximate surface area is 551 Å². The Kier molecular flexibility index (Phi) is 76.3. The zero-order valence-electron chi connectivity index (χ0n) is 60.0. The lowest BCUT2D eigenvalue weighted by Gasteiger charge is -2.20. The van der Waals surface area contributed by atoms with Gasteiger partial charge in [-0.1, -0.05) is 417 Å². The average molecular weight is 1240 g/mol. The number of carbonyl (C=O) groups is 2. The van der Waals surface area contributed by atoms with Crippen LogP contribution in [0.25, 0.3) is 0 Å². The fourth-order valence-electron chi connectivity index (χ4n) is 13.0. The first-order valence-corrected chi connectivity index (χ1v) is 40.6. The number of aliphatic hydroxyl groups is 2. The number of aliphatic hydroxyl groups excluding tert-OH is 2. The van der Waals surface area contributed by atoms with Gasteiger partial charge in [0, 0.05) is 12.8 Å². The SMILES string of the molecule is CCCCCCCC/C=C\CCCCCCCC(=O)OCCCCCCCCCCCCCCCCCCCCCCCCCCCCCCCCCC(=O)NC(CO)C(O)/C=C/CCCCCCCCCCCCCCCCCCCCCCCCC. The van der Waals surface area contributed by atoms with E-state index in [9.17, 15) is 19.8 Å². The van der Waals surface area contributed by atoms with E-state index < -0.39 is 12.1 Å². The highest BCUT2D eigenvalue weighted by molar-refractivity contribution is 5.76. The molecule has 0 saturated heterocycles. The molecular formula is C82H159NO5. The van der Waals surface area contributed by atoms with Gasteiger partial charge in [0.2, 0.25) is 5.91 Å². The van der Waals surface area contributed by atoms with E-state index in [0.29, 0.717) is 19.4 Å². The van der Waals surface area contributed by atoms with Gasteiger partial charge in [0.15, 0.2) is 0 Å². The van der Waals surface area contributed by atoms with Crippen molar-refractivity contribution in [1.82, 2.24) is 5.32 Å². The number of hydrogen-bond acceptors (Lipinski definition) is 5. The first kappa shape index (κ1) is 86.3. The number of ether oxygens (including phenoxy) is 1. The van der Waals surface area contributed by atoms with Crippen LogP contribution in [0.5, 0.6) is 0 Å². The molecule has 0 aromatic rings. The molecule has 0 aromatic carbocycles. The van der Waals surface area contributed by atoms with Crippen LogP contribution in [-0.2, 0) is 14.3 Å². The lowest BCUT2D eigenvalue weighted by atomic mass is 10.0. The van der Waals surface area contributed by atoms with Crippen LogP contribution in [0.4, 0.5) is 0 Å².